The van der Waals surface area contributed by atoms with Crippen molar-refractivity contribution < 1.29 is 9.47 Å². The number of aromatic nitrogens is 2. The summed E-state index contributed by atoms with van der Waals surface area (Å²) < 4.78 is 13.7. The average molecular weight is 422 g/mol. The number of fused-ring (bicyclic) bond motifs is 3. The molecule has 0 amide bonds. The zero-order chi connectivity index (χ0) is 22.1. The smallest absolute Gasteiger partial charge is 0.136 e. The van der Waals surface area contributed by atoms with Gasteiger partial charge in [-0.25, -0.2) is 4.98 Å². The molecule has 5 rings (SSSR count). The Morgan fingerprint density at radius 3 is 2.75 bits per heavy atom. The molecule has 32 heavy (non-hydrogen) atoms. The molecule has 5 heteroatoms. The number of ether oxygens (including phenoxy) is 2. The molecule has 1 aromatic heterocycles. The van der Waals surface area contributed by atoms with Gasteiger partial charge in [0, 0.05) is 30.4 Å². The number of allylic oxidation sites excluding steroid dienone is 1. The van der Waals surface area contributed by atoms with Crippen molar-refractivity contribution in [1.82, 2.24) is 9.55 Å². The number of rotatable bonds is 4. The Labute approximate surface area is 187 Å². The molecular weight excluding hydrogens is 398 g/mol. The van der Waals surface area contributed by atoms with Gasteiger partial charge in [-0.2, -0.15) is 5.26 Å². The lowest BCUT2D eigenvalue weighted by Crippen LogP contribution is -2.07. The van der Waals surface area contributed by atoms with E-state index in [2.05, 4.69) is 34.9 Å². The molecule has 0 spiro atoms. The Morgan fingerprint density at radius 1 is 1.09 bits per heavy atom. The van der Waals surface area contributed by atoms with Gasteiger partial charge >= 0.3 is 0 Å². The summed E-state index contributed by atoms with van der Waals surface area (Å²) in [5.74, 6) is 1.70. The van der Waals surface area contributed by atoms with Gasteiger partial charge in [-0.3, -0.25) is 0 Å². The van der Waals surface area contributed by atoms with Crippen molar-refractivity contribution in [1.29, 1.82) is 5.26 Å². The van der Waals surface area contributed by atoms with Crippen LogP contribution in [0, 0.1) is 11.3 Å². The van der Waals surface area contributed by atoms with E-state index in [1.807, 2.05) is 49.4 Å². The topological polar surface area (TPSA) is 60.1 Å². The van der Waals surface area contributed by atoms with Crippen LogP contribution < -0.4 is 4.74 Å². The van der Waals surface area contributed by atoms with E-state index in [1.54, 1.807) is 7.11 Å². The third kappa shape index (κ3) is 3.45. The number of imidazole rings is 1. The van der Waals surface area contributed by atoms with E-state index in [0.717, 1.165) is 50.4 Å². The lowest BCUT2D eigenvalue weighted by Gasteiger charge is -2.14. The van der Waals surface area contributed by atoms with Gasteiger partial charge in [0.2, 0.25) is 0 Å². The third-order valence-corrected chi connectivity index (χ3v) is 5.87. The maximum absolute atomic E-state index is 9.67. The van der Waals surface area contributed by atoms with Crippen LogP contribution in [-0.2, 0) is 24.5 Å². The van der Waals surface area contributed by atoms with Crippen LogP contribution in [0.3, 0.4) is 0 Å². The summed E-state index contributed by atoms with van der Waals surface area (Å²) in [6.45, 7) is 3.45. The van der Waals surface area contributed by atoms with Gasteiger partial charge in [0.15, 0.2) is 0 Å². The Balaban J connectivity index is 1.60. The van der Waals surface area contributed by atoms with Crippen LogP contribution >= 0.6 is 0 Å². The number of hydrogen-bond acceptors (Lipinski definition) is 4. The first kappa shape index (κ1) is 20.0. The number of benzene rings is 3. The van der Waals surface area contributed by atoms with Gasteiger partial charge < -0.3 is 14.0 Å². The van der Waals surface area contributed by atoms with E-state index in [0.29, 0.717) is 25.3 Å². The molecule has 5 nitrogen and oxygen atoms in total. The molecule has 0 saturated carbocycles. The highest BCUT2D eigenvalue weighted by molar-refractivity contribution is 5.88. The maximum Gasteiger partial charge on any atom is 0.136 e. The fourth-order valence-electron chi connectivity index (χ4n) is 4.39. The van der Waals surface area contributed by atoms with E-state index in [9.17, 15) is 5.26 Å². The van der Waals surface area contributed by atoms with E-state index in [-0.39, 0.29) is 0 Å². The first-order valence-corrected chi connectivity index (χ1v) is 10.6. The second-order valence-corrected chi connectivity index (χ2v) is 7.92. The molecule has 1 aliphatic rings. The molecule has 0 atom stereocenters. The number of nitriles is 1. The van der Waals surface area contributed by atoms with Crippen LogP contribution in [0.1, 0.15) is 35.0 Å². The Bertz CT molecular complexity index is 1390. The molecular formula is C27H23N3O2. The van der Waals surface area contributed by atoms with E-state index >= 15 is 0 Å². The molecule has 0 aliphatic carbocycles. The lowest BCUT2D eigenvalue weighted by molar-refractivity contribution is 0.175. The normalized spacial score (nSPS) is 14.2. The Morgan fingerprint density at radius 2 is 1.91 bits per heavy atom. The van der Waals surface area contributed by atoms with Crippen molar-refractivity contribution in [3.8, 4) is 11.8 Å². The van der Waals surface area contributed by atoms with Crippen molar-refractivity contribution in [3.63, 3.8) is 0 Å². The highest BCUT2D eigenvalue weighted by atomic mass is 16.5. The summed E-state index contributed by atoms with van der Waals surface area (Å²) in [4.78, 5) is 4.74. The van der Waals surface area contributed by atoms with Gasteiger partial charge in [0.05, 0.1) is 17.1 Å². The number of hydrogen-bond donors (Lipinski definition) is 0. The molecule has 1 aliphatic heterocycles. The van der Waals surface area contributed by atoms with Crippen LogP contribution in [-0.4, -0.2) is 16.7 Å². The summed E-state index contributed by atoms with van der Waals surface area (Å²) in [6, 6.07) is 24.8. The van der Waals surface area contributed by atoms with Gasteiger partial charge in [0.1, 0.15) is 24.8 Å². The second kappa shape index (κ2) is 8.33. The standard InChI is InChI=1S/C27H23N3O2/c1-18(14-28)27-21-12-11-19(13-20(21)16-32-25-10-6-3-7-22(25)27)15-30-24-9-5-4-8-23(24)29-26(30)17-31-2/h3-13H,15-17H2,1-2H3. The molecule has 3 aromatic carbocycles. The average Bonchev–Trinajstić information content (AvgIpc) is 3.07. The van der Waals surface area contributed by atoms with E-state index in [4.69, 9.17) is 14.5 Å². The molecule has 158 valence electrons. The number of para-hydroxylation sites is 3. The zero-order valence-corrected chi connectivity index (χ0v) is 18.1. The van der Waals surface area contributed by atoms with Gasteiger partial charge in [-0.15, -0.1) is 0 Å². The van der Waals surface area contributed by atoms with Crippen LogP contribution in [0.2, 0.25) is 0 Å². The first-order chi connectivity index (χ1) is 15.7. The second-order valence-electron chi connectivity index (χ2n) is 7.92. The fraction of sp³-hybridized carbons (Fsp3) is 0.185. The first-order valence-electron chi connectivity index (χ1n) is 10.6. The van der Waals surface area contributed by atoms with Gasteiger partial charge in [-0.05, 0) is 47.9 Å². The van der Waals surface area contributed by atoms with Crippen molar-refractivity contribution in [3.05, 3.63) is 100 Å². The molecule has 0 fully saturated rings. The van der Waals surface area contributed by atoms with Crippen molar-refractivity contribution in [2.24, 2.45) is 0 Å². The van der Waals surface area contributed by atoms with E-state index < -0.39 is 0 Å². The Kier molecular flexibility index (Phi) is 5.22. The lowest BCUT2D eigenvalue weighted by atomic mass is 9.90. The van der Waals surface area contributed by atoms with Crippen LogP contribution in [0.15, 0.2) is 72.3 Å². The van der Waals surface area contributed by atoms with Crippen LogP contribution in [0.25, 0.3) is 16.6 Å². The van der Waals surface area contributed by atoms with Gasteiger partial charge in [0.25, 0.3) is 0 Å². The predicted molar refractivity (Wildman–Crippen MR) is 124 cm³/mol. The number of methoxy groups -OCH3 is 1. The minimum Gasteiger partial charge on any atom is -0.488 e. The molecule has 0 saturated heterocycles. The number of nitrogens with zero attached hydrogens (tertiary/aromatic N) is 3. The highest BCUT2D eigenvalue weighted by Crippen LogP contribution is 2.38. The summed E-state index contributed by atoms with van der Waals surface area (Å²) in [6.07, 6.45) is 0. The fourth-order valence-corrected chi connectivity index (χ4v) is 4.39. The third-order valence-electron chi connectivity index (χ3n) is 5.87. The zero-order valence-electron chi connectivity index (χ0n) is 18.1. The SMILES string of the molecule is COCc1nc2ccccc2n1Cc1ccc2c(c1)COc1ccccc1C2=C(C)C#N. The minimum absolute atomic E-state index is 0.451. The van der Waals surface area contributed by atoms with Crippen LogP contribution in [0.4, 0.5) is 0 Å². The van der Waals surface area contributed by atoms with Crippen molar-refractivity contribution >= 4 is 16.6 Å². The largest absolute Gasteiger partial charge is 0.488 e. The molecule has 2 heterocycles. The predicted octanol–water partition coefficient (Wildman–Crippen LogP) is 5.47. The molecule has 4 aromatic rings. The highest BCUT2D eigenvalue weighted by Gasteiger charge is 2.21. The minimum atomic E-state index is 0.451. The molecule has 0 radical (unpaired) electrons. The van der Waals surface area contributed by atoms with Gasteiger partial charge in [-0.1, -0.05) is 42.5 Å². The van der Waals surface area contributed by atoms with Crippen LogP contribution in [0.5, 0.6) is 5.75 Å². The summed E-state index contributed by atoms with van der Waals surface area (Å²) in [5, 5.41) is 9.67. The molecule has 0 bridgehead atoms. The van der Waals surface area contributed by atoms with Crippen molar-refractivity contribution in [2.45, 2.75) is 26.7 Å². The monoisotopic (exact) mass is 421 g/mol. The summed E-state index contributed by atoms with van der Waals surface area (Å²) in [7, 11) is 1.69. The summed E-state index contributed by atoms with van der Waals surface area (Å²) in [5.41, 5.74) is 7.89. The van der Waals surface area contributed by atoms with E-state index in [1.165, 1.54) is 0 Å². The van der Waals surface area contributed by atoms with Crippen molar-refractivity contribution in [2.75, 3.05) is 7.11 Å². The Hall–Kier alpha value is -3.88. The summed E-state index contributed by atoms with van der Waals surface area (Å²) >= 11 is 0. The molecule has 0 unspecified atom stereocenters. The molecule has 0 N–H and O–H groups in total. The maximum atomic E-state index is 9.67. The quantitative estimate of drug-likeness (QED) is 0.410.